The lowest BCUT2D eigenvalue weighted by Gasteiger charge is -2.21. The van der Waals surface area contributed by atoms with Gasteiger partial charge < -0.3 is 18.9 Å². The smallest absolute Gasteiger partial charge is 0.152 e. The zero-order valence-electron chi connectivity index (χ0n) is 29.3. The number of aryl methyl sites for hydroxylation is 4. The molecule has 266 valence electrons. The number of aliphatic hydroxyl groups excluding tert-OH is 1. The van der Waals surface area contributed by atoms with E-state index in [1.807, 2.05) is 52.0 Å². The minimum absolute atomic E-state index is 0. The molecule has 52 heavy (non-hydrogen) atoms. The van der Waals surface area contributed by atoms with E-state index < -0.39 is 6.10 Å². The Hall–Kier alpha value is -5.15. The molecule has 0 bridgehead atoms. The molecule has 3 aliphatic heterocycles. The number of carbonyl (C=O) groups excluding carboxylic acids is 1. The Morgan fingerprint density at radius 2 is 1.31 bits per heavy atom. The van der Waals surface area contributed by atoms with Crippen molar-refractivity contribution < 1.29 is 23.7 Å². The number of nitrogens with zero attached hydrogens (tertiary/aromatic N) is 4. The topological polar surface area (TPSA) is 123 Å². The molecular weight excluding hydrogens is 652 g/mol. The third kappa shape index (κ3) is 6.00. The monoisotopic (exact) mass is 696 g/mol. The van der Waals surface area contributed by atoms with Crippen LogP contribution in [-0.4, -0.2) is 39.2 Å². The van der Waals surface area contributed by atoms with Crippen molar-refractivity contribution in [2.45, 2.75) is 92.3 Å². The van der Waals surface area contributed by atoms with Gasteiger partial charge in [0.2, 0.25) is 0 Å². The standard InChI is InChI=1S/C25H24N2O3.C17H16N2O2.CH4/c1-13-23(14(2)30-27-13)17-9-18-11-20(15-7-8-15)26-24(18)19(10-17)25(28)22-12-16-5-3-4-6-21(16)29-22;1-9-16(10(2)21-19-9)12-5-13-7-15(11-3-4-11)18-17(13)14(6-12)8-20;/h3-6,9-10,15,22,25,28H,7-8,11-12H2,1-2H3;5-6,8,11H,3-4,7H2,1-2H3;1H4. The van der Waals surface area contributed by atoms with Crippen molar-refractivity contribution in [3.05, 3.63) is 99.3 Å². The van der Waals surface area contributed by atoms with Crippen molar-refractivity contribution in [3.8, 4) is 28.0 Å². The highest BCUT2D eigenvalue weighted by Gasteiger charge is 2.37. The van der Waals surface area contributed by atoms with E-state index in [1.165, 1.54) is 42.7 Å². The van der Waals surface area contributed by atoms with E-state index in [1.54, 1.807) is 0 Å². The highest BCUT2D eigenvalue weighted by atomic mass is 16.5. The number of carbonyl (C=O) groups is 1. The Bertz CT molecular complexity index is 2220. The predicted octanol–water partition coefficient (Wildman–Crippen LogP) is 9.48. The maximum absolute atomic E-state index is 11.4. The van der Waals surface area contributed by atoms with Gasteiger partial charge in [-0.3, -0.25) is 14.8 Å². The number of hydrogen-bond acceptors (Lipinski definition) is 9. The Morgan fingerprint density at radius 1 is 0.750 bits per heavy atom. The molecule has 2 aliphatic carbocycles. The van der Waals surface area contributed by atoms with Crippen molar-refractivity contribution in [1.29, 1.82) is 0 Å². The highest BCUT2D eigenvalue weighted by molar-refractivity contribution is 6.02. The number of para-hydroxylation sites is 1. The van der Waals surface area contributed by atoms with Gasteiger partial charge in [-0.1, -0.05) is 35.9 Å². The number of benzene rings is 3. The van der Waals surface area contributed by atoms with Gasteiger partial charge in [-0.05, 0) is 123 Å². The van der Waals surface area contributed by atoms with Crippen LogP contribution < -0.4 is 4.74 Å². The lowest BCUT2D eigenvalue weighted by Crippen LogP contribution is -2.23. The van der Waals surface area contributed by atoms with Crippen molar-refractivity contribution in [3.63, 3.8) is 0 Å². The Morgan fingerprint density at radius 3 is 1.85 bits per heavy atom. The fourth-order valence-electron chi connectivity index (χ4n) is 8.02. The Kier molecular flexibility index (Phi) is 8.57. The molecule has 0 saturated heterocycles. The van der Waals surface area contributed by atoms with Gasteiger partial charge in [0.1, 0.15) is 29.5 Å². The van der Waals surface area contributed by atoms with Gasteiger partial charge in [-0.15, -0.1) is 0 Å². The molecule has 9 heteroatoms. The van der Waals surface area contributed by atoms with E-state index in [4.69, 9.17) is 23.8 Å². The molecule has 2 aromatic heterocycles. The number of fused-ring (bicyclic) bond motifs is 3. The molecule has 5 aromatic rings. The summed E-state index contributed by atoms with van der Waals surface area (Å²) in [5.74, 6) is 3.68. The predicted molar refractivity (Wildman–Crippen MR) is 202 cm³/mol. The molecule has 2 fully saturated rings. The summed E-state index contributed by atoms with van der Waals surface area (Å²) >= 11 is 0. The van der Waals surface area contributed by atoms with Crippen LogP contribution in [0.15, 0.2) is 67.6 Å². The summed E-state index contributed by atoms with van der Waals surface area (Å²) in [7, 11) is 0. The lowest BCUT2D eigenvalue weighted by molar-refractivity contribution is 0.0496. The van der Waals surface area contributed by atoms with Crippen molar-refractivity contribution in [2.75, 3.05) is 0 Å². The van der Waals surface area contributed by atoms with Crippen molar-refractivity contribution in [1.82, 2.24) is 10.3 Å². The average molecular weight is 697 g/mol. The van der Waals surface area contributed by atoms with E-state index in [0.717, 1.165) is 98.1 Å². The van der Waals surface area contributed by atoms with Gasteiger partial charge in [0, 0.05) is 52.9 Å². The number of aliphatic imine (C=N–C) groups is 2. The Labute approximate surface area is 303 Å². The van der Waals surface area contributed by atoms with Gasteiger partial charge >= 0.3 is 0 Å². The summed E-state index contributed by atoms with van der Waals surface area (Å²) in [6, 6.07) is 16.3. The van der Waals surface area contributed by atoms with Crippen LogP contribution in [0.3, 0.4) is 0 Å². The van der Waals surface area contributed by atoms with Gasteiger partial charge in [0.25, 0.3) is 0 Å². The van der Waals surface area contributed by atoms with Crippen LogP contribution in [0.1, 0.15) is 94.7 Å². The van der Waals surface area contributed by atoms with Gasteiger partial charge in [-0.2, -0.15) is 0 Å². The van der Waals surface area contributed by atoms with E-state index in [0.29, 0.717) is 23.8 Å². The summed E-state index contributed by atoms with van der Waals surface area (Å²) < 4.78 is 16.8. The lowest BCUT2D eigenvalue weighted by atomic mass is 9.91. The number of aromatic nitrogens is 2. The molecular formula is C43H44N4O5. The molecule has 5 heterocycles. The van der Waals surface area contributed by atoms with Gasteiger partial charge in [0.05, 0.1) is 22.8 Å². The second-order valence-corrected chi connectivity index (χ2v) is 14.7. The molecule has 0 spiro atoms. The fraction of sp³-hybridized carbons (Fsp3) is 0.372. The van der Waals surface area contributed by atoms with Gasteiger partial charge in [0.15, 0.2) is 6.29 Å². The van der Waals surface area contributed by atoms with Crippen LogP contribution in [0, 0.1) is 39.5 Å². The molecule has 5 aliphatic rings. The number of hydrogen-bond donors (Lipinski definition) is 1. The summed E-state index contributed by atoms with van der Waals surface area (Å²) in [5, 5.41) is 19.6. The van der Waals surface area contributed by atoms with E-state index in [-0.39, 0.29) is 13.5 Å². The van der Waals surface area contributed by atoms with Crippen LogP contribution in [-0.2, 0) is 19.3 Å². The molecule has 0 amide bonds. The summed E-state index contributed by atoms with van der Waals surface area (Å²) in [5.41, 5.74) is 15.0. The molecule has 2 unspecified atom stereocenters. The molecule has 0 radical (unpaired) electrons. The molecule has 2 atom stereocenters. The average Bonchev–Trinajstić information content (AvgIpc) is 3.94. The van der Waals surface area contributed by atoms with E-state index in [2.05, 4.69) is 34.6 Å². The maximum atomic E-state index is 11.4. The first-order valence-electron chi connectivity index (χ1n) is 18.0. The first kappa shape index (κ1) is 34.0. The normalized spacial score (nSPS) is 18.6. The van der Waals surface area contributed by atoms with Crippen LogP contribution in [0.2, 0.25) is 0 Å². The zero-order chi connectivity index (χ0) is 35.0. The number of rotatable bonds is 7. The summed E-state index contributed by atoms with van der Waals surface area (Å²) in [6.07, 6.45) is 7.19. The third-order valence-electron chi connectivity index (χ3n) is 10.9. The number of aliphatic hydroxyl groups is 1. The van der Waals surface area contributed by atoms with Crippen molar-refractivity contribution in [2.24, 2.45) is 21.8 Å². The summed E-state index contributed by atoms with van der Waals surface area (Å²) in [6.45, 7) is 7.71. The van der Waals surface area contributed by atoms with E-state index >= 15 is 0 Å². The van der Waals surface area contributed by atoms with Crippen LogP contribution >= 0.6 is 0 Å². The van der Waals surface area contributed by atoms with Crippen LogP contribution in [0.4, 0.5) is 11.4 Å². The maximum Gasteiger partial charge on any atom is 0.152 e. The molecule has 3 aromatic carbocycles. The van der Waals surface area contributed by atoms with Crippen LogP contribution in [0.25, 0.3) is 22.3 Å². The fourth-order valence-corrected chi connectivity index (χ4v) is 8.02. The van der Waals surface area contributed by atoms with E-state index in [9.17, 15) is 9.90 Å². The number of ether oxygens (including phenoxy) is 1. The third-order valence-corrected chi connectivity index (χ3v) is 10.9. The summed E-state index contributed by atoms with van der Waals surface area (Å²) in [4.78, 5) is 21.1. The minimum Gasteiger partial charge on any atom is -0.487 e. The second kappa shape index (κ2) is 13.1. The van der Waals surface area contributed by atoms with Gasteiger partial charge in [-0.25, -0.2) is 0 Å². The largest absolute Gasteiger partial charge is 0.487 e. The SMILES string of the molecule is C.Cc1noc(C)c1-c1cc(C=O)c2c(c1)CC(C1CC1)=N2.Cc1noc(C)c1-c1cc2c(c(C(O)C3Cc4ccccc4O3)c1)N=C(C1CC1)C2. The zero-order valence-corrected chi connectivity index (χ0v) is 29.3. The number of aldehydes is 1. The first-order chi connectivity index (χ1) is 24.7. The van der Waals surface area contributed by atoms with Crippen LogP contribution in [0.5, 0.6) is 5.75 Å². The first-order valence-corrected chi connectivity index (χ1v) is 18.0. The van der Waals surface area contributed by atoms with Crippen molar-refractivity contribution >= 4 is 29.1 Å². The molecule has 2 saturated carbocycles. The quantitative estimate of drug-likeness (QED) is 0.168. The second-order valence-electron chi connectivity index (χ2n) is 14.7. The molecule has 9 nitrogen and oxygen atoms in total. The highest BCUT2D eigenvalue weighted by Crippen LogP contribution is 2.46. The molecule has 1 N–H and O–H groups in total. The minimum atomic E-state index is -0.756. The Balaban J connectivity index is 0.000000155. The molecule has 10 rings (SSSR count).